The van der Waals surface area contributed by atoms with Crippen LogP contribution in [0.5, 0.6) is 0 Å². The molecule has 0 aliphatic carbocycles. The van der Waals surface area contributed by atoms with Gasteiger partial charge in [0.15, 0.2) is 5.82 Å². The van der Waals surface area contributed by atoms with E-state index < -0.39 is 5.25 Å². The van der Waals surface area contributed by atoms with E-state index in [0.717, 1.165) is 27.3 Å². The van der Waals surface area contributed by atoms with Crippen LogP contribution in [0.1, 0.15) is 21.9 Å². The van der Waals surface area contributed by atoms with E-state index in [9.17, 15) is 4.79 Å². The summed E-state index contributed by atoms with van der Waals surface area (Å²) < 4.78 is 1.44. The molecule has 6 nitrogen and oxygen atoms in total. The highest BCUT2D eigenvalue weighted by atomic mass is 32.2. The van der Waals surface area contributed by atoms with Gasteiger partial charge in [0.05, 0.1) is 4.88 Å². The molecular formula is C22H21N5OS2. The fourth-order valence-corrected chi connectivity index (χ4v) is 4.86. The average molecular weight is 436 g/mol. The van der Waals surface area contributed by atoms with Crippen molar-refractivity contribution in [3.8, 4) is 10.7 Å². The number of nitrogens with zero attached hydrogens (tertiary/aromatic N) is 3. The molecule has 152 valence electrons. The van der Waals surface area contributed by atoms with E-state index in [4.69, 9.17) is 5.84 Å². The third-order valence-electron chi connectivity index (χ3n) is 4.46. The van der Waals surface area contributed by atoms with Crippen LogP contribution in [-0.2, 0) is 4.79 Å². The number of aryl methyl sites for hydroxylation is 2. The molecule has 2 heterocycles. The number of nitrogen functional groups attached to an aromatic ring is 1. The molecule has 4 rings (SSSR count). The standard InChI is InChI=1S/C22H21N5OS2/c1-14-11-15(2)13-17(12-14)24-21(28)19(16-7-4-3-5-8-16)30-22-26-25-20(27(22)23)18-9-6-10-29-18/h3-13,19H,23H2,1-2H3,(H,24,28)/t19-/m0/s1. The highest BCUT2D eigenvalue weighted by molar-refractivity contribution is 8.00. The molecule has 0 unspecified atom stereocenters. The summed E-state index contributed by atoms with van der Waals surface area (Å²) in [7, 11) is 0. The Morgan fingerprint density at radius 3 is 2.47 bits per heavy atom. The largest absolute Gasteiger partial charge is 0.335 e. The fourth-order valence-electron chi connectivity index (χ4n) is 3.19. The molecule has 1 amide bonds. The normalized spacial score (nSPS) is 11.9. The molecule has 2 aromatic carbocycles. The number of rotatable bonds is 6. The summed E-state index contributed by atoms with van der Waals surface area (Å²) in [6, 6.07) is 19.5. The minimum atomic E-state index is -0.533. The molecule has 1 atom stereocenters. The number of nitrogens with one attached hydrogen (secondary N) is 1. The van der Waals surface area contributed by atoms with Crippen LogP contribution in [0.2, 0.25) is 0 Å². The number of benzene rings is 2. The number of nitrogens with two attached hydrogens (primary N) is 1. The van der Waals surface area contributed by atoms with Gasteiger partial charge in [0.25, 0.3) is 0 Å². The quantitative estimate of drug-likeness (QED) is 0.335. The summed E-state index contributed by atoms with van der Waals surface area (Å²) in [5.41, 5.74) is 3.82. The molecule has 0 bridgehead atoms. The van der Waals surface area contributed by atoms with E-state index in [1.807, 2.05) is 73.8 Å². The molecule has 8 heteroatoms. The fraction of sp³-hybridized carbons (Fsp3) is 0.136. The first-order chi connectivity index (χ1) is 14.5. The summed E-state index contributed by atoms with van der Waals surface area (Å²) in [4.78, 5) is 14.2. The molecule has 0 radical (unpaired) electrons. The molecule has 4 aromatic rings. The first-order valence-electron chi connectivity index (χ1n) is 9.36. The summed E-state index contributed by atoms with van der Waals surface area (Å²) in [6.07, 6.45) is 0. The van der Waals surface area contributed by atoms with E-state index in [1.165, 1.54) is 27.8 Å². The van der Waals surface area contributed by atoms with Crippen LogP contribution in [-0.4, -0.2) is 20.8 Å². The van der Waals surface area contributed by atoms with Gasteiger partial charge in [-0.3, -0.25) is 4.79 Å². The highest BCUT2D eigenvalue weighted by Crippen LogP contribution is 2.36. The Kier molecular flexibility index (Phi) is 5.87. The van der Waals surface area contributed by atoms with Crippen molar-refractivity contribution < 1.29 is 4.79 Å². The molecular weight excluding hydrogens is 414 g/mol. The molecule has 30 heavy (non-hydrogen) atoms. The first-order valence-corrected chi connectivity index (χ1v) is 11.1. The van der Waals surface area contributed by atoms with Gasteiger partial charge in [0, 0.05) is 5.69 Å². The number of carbonyl (C=O) groups excluding carboxylic acids is 1. The van der Waals surface area contributed by atoms with Crippen LogP contribution < -0.4 is 11.2 Å². The number of anilines is 1. The van der Waals surface area contributed by atoms with Gasteiger partial charge in [0.1, 0.15) is 5.25 Å². The molecule has 0 fully saturated rings. The average Bonchev–Trinajstić information content (AvgIpc) is 3.36. The third-order valence-corrected chi connectivity index (χ3v) is 6.54. The zero-order valence-electron chi connectivity index (χ0n) is 16.6. The van der Waals surface area contributed by atoms with Crippen molar-refractivity contribution in [3.05, 3.63) is 82.7 Å². The van der Waals surface area contributed by atoms with E-state index in [0.29, 0.717) is 11.0 Å². The van der Waals surface area contributed by atoms with Gasteiger partial charge in [0.2, 0.25) is 11.1 Å². The van der Waals surface area contributed by atoms with Crippen LogP contribution in [0.25, 0.3) is 10.7 Å². The predicted octanol–water partition coefficient (Wildman–Crippen LogP) is 4.81. The van der Waals surface area contributed by atoms with Crippen LogP contribution in [0.3, 0.4) is 0 Å². The second-order valence-electron chi connectivity index (χ2n) is 6.93. The molecule has 0 saturated carbocycles. The van der Waals surface area contributed by atoms with Gasteiger partial charge < -0.3 is 11.2 Å². The third kappa shape index (κ3) is 4.39. The number of thioether (sulfide) groups is 1. The Balaban J connectivity index is 1.63. The lowest BCUT2D eigenvalue weighted by Crippen LogP contribution is -2.20. The minimum Gasteiger partial charge on any atom is -0.335 e. The van der Waals surface area contributed by atoms with Crippen molar-refractivity contribution in [2.45, 2.75) is 24.3 Å². The number of carbonyl (C=O) groups is 1. The maximum absolute atomic E-state index is 13.3. The topological polar surface area (TPSA) is 85.8 Å². The van der Waals surface area contributed by atoms with Gasteiger partial charge in [-0.25, -0.2) is 4.68 Å². The number of thiophene rings is 1. The lowest BCUT2D eigenvalue weighted by atomic mass is 10.1. The highest BCUT2D eigenvalue weighted by Gasteiger charge is 2.26. The zero-order chi connectivity index (χ0) is 21.1. The smallest absolute Gasteiger partial charge is 0.242 e. The Bertz CT molecular complexity index is 1140. The Hall–Kier alpha value is -3.10. The maximum atomic E-state index is 13.3. The molecule has 0 aliphatic rings. The van der Waals surface area contributed by atoms with Crippen molar-refractivity contribution in [1.82, 2.24) is 14.9 Å². The van der Waals surface area contributed by atoms with Gasteiger partial charge in [-0.05, 0) is 54.1 Å². The second kappa shape index (κ2) is 8.73. The first kappa shape index (κ1) is 20.2. The lowest BCUT2D eigenvalue weighted by Gasteiger charge is -2.17. The summed E-state index contributed by atoms with van der Waals surface area (Å²) in [6.45, 7) is 4.02. The zero-order valence-corrected chi connectivity index (χ0v) is 18.2. The van der Waals surface area contributed by atoms with Crippen molar-refractivity contribution in [2.75, 3.05) is 11.2 Å². The number of amides is 1. The number of hydrogen-bond acceptors (Lipinski definition) is 6. The predicted molar refractivity (Wildman–Crippen MR) is 123 cm³/mol. The van der Waals surface area contributed by atoms with Crippen molar-refractivity contribution >= 4 is 34.7 Å². The van der Waals surface area contributed by atoms with Gasteiger partial charge in [-0.1, -0.05) is 54.2 Å². The van der Waals surface area contributed by atoms with E-state index in [1.54, 1.807) is 0 Å². The molecule has 0 aliphatic heterocycles. The van der Waals surface area contributed by atoms with Crippen LogP contribution >= 0.6 is 23.1 Å². The van der Waals surface area contributed by atoms with Gasteiger partial charge in [-0.15, -0.1) is 21.5 Å². The molecule has 2 aromatic heterocycles. The SMILES string of the molecule is Cc1cc(C)cc(NC(=O)[C@@H](Sc2nnc(-c3cccs3)n2N)c2ccccc2)c1. The van der Waals surface area contributed by atoms with Crippen LogP contribution in [0.15, 0.2) is 71.2 Å². The lowest BCUT2D eigenvalue weighted by molar-refractivity contribution is -0.115. The van der Waals surface area contributed by atoms with Gasteiger partial charge in [-0.2, -0.15) is 0 Å². The molecule has 0 saturated heterocycles. The van der Waals surface area contributed by atoms with E-state index >= 15 is 0 Å². The summed E-state index contributed by atoms with van der Waals surface area (Å²) >= 11 is 2.82. The monoisotopic (exact) mass is 435 g/mol. The Morgan fingerprint density at radius 1 is 1.07 bits per heavy atom. The van der Waals surface area contributed by atoms with E-state index in [2.05, 4.69) is 21.6 Å². The number of aromatic nitrogens is 3. The second-order valence-corrected chi connectivity index (χ2v) is 8.95. The summed E-state index contributed by atoms with van der Waals surface area (Å²) in [5.74, 6) is 6.70. The van der Waals surface area contributed by atoms with Gasteiger partial charge >= 0.3 is 0 Å². The molecule has 0 spiro atoms. The number of hydrogen-bond donors (Lipinski definition) is 2. The Labute approximate surface area is 183 Å². The van der Waals surface area contributed by atoms with Crippen LogP contribution in [0.4, 0.5) is 5.69 Å². The van der Waals surface area contributed by atoms with E-state index in [-0.39, 0.29) is 5.91 Å². The maximum Gasteiger partial charge on any atom is 0.242 e. The van der Waals surface area contributed by atoms with Crippen molar-refractivity contribution in [3.63, 3.8) is 0 Å². The van der Waals surface area contributed by atoms with Crippen molar-refractivity contribution in [2.24, 2.45) is 0 Å². The summed E-state index contributed by atoms with van der Waals surface area (Å²) in [5, 5.41) is 13.4. The van der Waals surface area contributed by atoms with Crippen LogP contribution in [0, 0.1) is 13.8 Å². The minimum absolute atomic E-state index is 0.142. The Morgan fingerprint density at radius 2 is 1.80 bits per heavy atom. The van der Waals surface area contributed by atoms with Crippen molar-refractivity contribution in [1.29, 1.82) is 0 Å². The molecule has 3 N–H and O–H groups in total.